The second-order valence-corrected chi connectivity index (χ2v) is 9.37. The Kier molecular flexibility index (Phi) is 5.10. The van der Waals surface area contributed by atoms with Crippen LogP contribution >= 0.6 is 0 Å². The molecule has 3 aliphatic rings. The highest BCUT2D eigenvalue weighted by molar-refractivity contribution is 5.82. The minimum Gasteiger partial charge on any atom is -0.381 e. The molecule has 2 aromatic heterocycles. The molecule has 0 radical (unpaired) electrons. The van der Waals surface area contributed by atoms with E-state index in [1.54, 1.807) is 0 Å². The van der Waals surface area contributed by atoms with E-state index in [2.05, 4.69) is 57.5 Å². The third kappa shape index (κ3) is 3.77. The average Bonchev–Trinajstić information content (AvgIpc) is 3.62. The minimum absolute atomic E-state index is 0.306. The summed E-state index contributed by atoms with van der Waals surface area (Å²) in [5.74, 6) is 1.28. The highest BCUT2D eigenvalue weighted by Gasteiger charge is 2.34. The monoisotopic (exact) mass is 430 g/mol. The zero-order valence-electron chi connectivity index (χ0n) is 18.4. The van der Waals surface area contributed by atoms with E-state index >= 15 is 0 Å². The lowest BCUT2D eigenvalue weighted by atomic mass is 9.91. The molecule has 4 heterocycles. The van der Waals surface area contributed by atoms with Crippen molar-refractivity contribution in [3.63, 3.8) is 0 Å². The highest BCUT2D eigenvalue weighted by Crippen LogP contribution is 2.33. The standard InChI is InChI=1S/C26H30N4O2/c31-26(22-5-6-22)29-13-11-28(12-14-29)24-7-10-27-30-18-23(17-25(24)30)20-3-1-19(2-4-20)21-8-15-32-16-9-21/h1-4,7,10,17-18,21-22H,5-6,8-9,11-16H2. The van der Waals surface area contributed by atoms with Gasteiger partial charge in [0.1, 0.15) is 0 Å². The van der Waals surface area contributed by atoms with E-state index < -0.39 is 0 Å². The van der Waals surface area contributed by atoms with E-state index in [9.17, 15) is 4.79 Å². The number of carbonyl (C=O) groups excluding carboxylic acids is 1. The van der Waals surface area contributed by atoms with Crippen LogP contribution in [0.2, 0.25) is 0 Å². The van der Waals surface area contributed by atoms with Gasteiger partial charge in [-0.05, 0) is 54.9 Å². The van der Waals surface area contributed by atoms with Gasteiger partial charge in [-0.25, -0.2) is 4.52 Å². The third-order valence-corrected chi connectivity index (χ3v) is 7.28. The lowest BCUT2D eigenvalue weighted by molar-refractivity contribution is -0.132. The predicted octanol–water partition coefficient (Wildman–Crippen LogP) is 3.95. The normalized spacial score (nSPS) is 20.1. The number of anilines is 1. The van der Waals surface area contributed by atoms with E-state index in [0.717, 1.165) is 70.6 Å². The summed E-state index contributed by atoms with van der Waals surface area (Å²) in [5, 5.41) is 4.56. The summed E-state index contributed by atoms with van der Waals surface area (Å²) in [5.41, 5.74) is 6.14. The van der Waals surface area contributed by atoms with Crippen LogP contribution in [0.1, 0.15) is 37.2 Å². The first-order chi connectivity index (χ1) is 15.8. The molecule has 1 saturated carbocycles. The topological polar surface area (TPSA) is 50.1 Å². The van der Waals surface area contributed by atoms with Crippen molar-refractivity contribution >= 4 is 17.1 Å². The first-order valence-corrected chi connectivity index (χ1v) is 12.0. The molecule has 0 unspecified atom stereocenters. The van der Waals surface area contributed by atoms with Gasteiger partial charge in [0.25, 0.3) is 0 Å². The van der Waals surface area contributed by atoms with Crippen molar-refractivity contribution in [2.24, 2.45) is 5.92 Å². The number of rotatable bonds is 4. The molecule has 6 heteroatoms. The quantitative estimate of drug-likeness (QED) is 0.629. The van der Waals surface area contributed by atoms with Crippen molar-refractivity contribution in [1.82, 2.24) is 14.5 Å². The Bertz CT molecular complexity index is 1100. The second-order valence-electron chi connectivity index (χ2n) is 9.37. The second kappa shape index (κ2) is 8.24. The molecule has 6 rings (SSSR count). The maximum absolute atomic E-state index is 12.4. The summed E-state index contributed by atoms with van der Waals surface area (Å²) in [7, 11) is 0. The van der Waals surface area contributed by atoms with Gasteiger partial charge in [-0.2, -0.15) is 5.10 Å². The van der Waals surface area contributed by atoms with Gasteiger partial charge < -0.3 is 14.5 Å². The molecule has 1 aliphatic carbocycles. The molecule has 32 heavy (non-hydrogen) atoms. The van der Waals surface area contributed by atoms with Crippen LogP contribution in [-0.4, -0.2) is 59.8 Å². The summed E-state index contributed by atoms with van der Waals surface area (Å²) in [4.78, 5) is 16.8. The number of piperazine rings is 1. The maximum Gasteiger partial charge on any atom is 0.225 e. The Labute approximate surface area is 188 Å². The van der Waals surface area contributed by atoms with Crippen molar-refractivity contribution in [2.75, 3.05) is 44.3 Å². The van der Waals surface area contributed by atoms with Gasteiger partial charge in [0.15, 0.2) is 0 Å². The molecule has 1 amide bonds. The molecule has 1 aromatic carbocycles. The Balaban J connectivity index is 1.21. The number of ether oxygens (including phenoxy) is 1. The molecule has 0 atom stereocenters. The van der Waals surface area contributed by atoms with E-state index in [1.807, 2.05) is 10.7 Å². The molecule has 3 aromatic rings. The Morgan fingerprint density at radius 2 is 1.66 bits per heavy atom. The number of amides is 1. The van der Waals surface area contributed by atoms with Crippen LogP contribution < -0.4 is 4.90 Å². The number of carbonyl (C=O) groups is 1. The first kappa shape index (κ1) is 19.8. The van der Waals surface area contributed by atoms with Gasteiger partial charge in [0.05, 0.1) is 11.2 Å². The molecule has 0 bridgehead atoms. The van der Waals surface area contributed by atoms with Crippen LogP contribution in [0.25, 0.3) is 16.6 Å². The third-order valence-electron chi connectivity index (χ3n) is 7.28. The highest BCUT2D eigenvalue weighted by atomic mass is 16.5. The summed E-state index contributed by atoms with van der Waals surface area (Å²) in [6.45, 7) is 5.11. The molecule has 6 nitrogen and oxygen atoms in total. The van der Waals surface area contributed by atoms with E-state index in [0.29, 0.717) is 17.7 Å². The number of aromatic nitrogens is 2. The number of hydrogen-bond donors (Lipinski definition) is 0. The maximum atomic E-state index is 12.4. The zero-order valence-corrected chi connectivity index (χ0v) is 18.4. The fourth-order valence-electron chi connectivity index (χ4n) is 5.16. The molecule has 0 N–H and O–H groups in total. The van der Waals surface area contributed by atoms with Crippen LogP contribution in [0, 0.1) is 5.92 Å². The molecule has 2 aliphatic heterocycles. The van der Waals surface area contributed by atoms with E-state index in [-0.39, 0.29) is 0 Å². The van der Waals surface area contributed by atoms with Crippen molar-refractivity contribution in [1.29, 1.82) is 0 Å². The molecular weight excluding hydrogens is 400 g/mol. The van der Waals surface area contributed by atoms with Gasteiger partial charge in [0, 0.05) is 63.3 Å². The number of fused-ring (bicyclic) bond motifs is 1. The average molecular weight is 431 g/mol. The Morgan fingerprint density at radius 1 is 0.906 bits per heavy atom. The van der Waals surface area contributed by atoms with Gasteiger partial charge >= 0.3 is 0 Å². The largest absolute Gasteiger partial charge is 0.381 e. The van der Waals surface area contributed by atoms with Gasteiger partial charge in [-0.15, -0.1) is 0 Å². The van der Waals surface area contributed by atoms with Crippen molar-refractivity contribution in [2.45, 2.75) is 31.6 Å². The van der Waals surface area contributed by atoms with Crippen molar-refractivity contribution in [3.05, 3.63) is 54.4 Å². The van der Waals surface area contributed by atoms with Crippen molar-refractivity contribution < 1.29 is 9.53 Å². The van der Waals surface area contributed by atoms with Crippen LogP contribution in [-0.2, 0) is 9.53 Å². The summed E-state index contributed by atoms with van der Waals surface area (Å²) in [6.07, 6.45) is 8.38. The minimum atomic E-state index is 0.306. The first-order valence-electron chi connectivity index (χ1n) is 12.0. The van der Waals surface area contributed by atoms with Crippen LogP contribution in [0.3, 0.4) is 0 Å². The summed E-state index contributed by atoms with van der Waals surface area (Å²) in [6, 6.07) is 13.4. The summed E-state index contributed by atoms with van der Waals surface area (Å²) >= 11 is 0. The van der Waals surface area contributed by atoms with Crippen LogP contribution in [0.15, 0.2) is 48.8 Å². The van der Waals surface area contributed by atoms with Gasteiger partial charge in [-0.3, -0.25) is 4.79 Å². The lowest BCUT2D eigenvalue weighted by Gasteiger charge is -2.36. The smallest absolute Gasteiger partial charge is 0.225 e. The Morgan fingerprint density at radius 3 is 2.38 bits per heavy atom. The van der Waals surface area contributed by atoms with Crippen LogP contribution in [0.4, 0.5) is 5.69 Å². The fourth-order valence-corrected chi connectivity index (χ4v) is 5.16. The fraction of sp³-hybridized carbons (Fsp3) is 0.462. The number of nitrogens with zero attached hydrogens (tertiary/aromatic N) is 4. The number of hydrogen-bond acceptors (Lipinski definition) is 4. The molecule has 2 saturated heterocycles. The molecule has 3 fully saturated rings. The Hall–Kier alpha value is -2.86. The molecular formula is C26H30N4O2. The van der Waals surface area contributed by atoms with Crippen molar-refractivity contribution in [3.8, 4) is 11.1 Å². The zero-order chi connectivity index (χ0) is 21.5. The van der Waals surface area contributed by atoms with Gasteiger partial charge in [0.2, 0.25) is 5.91 Å². The molecule has 166 valence electrons. The van der Waals surface area contributed by atoms with E-state index in [4.69, 9.17) is 4.74 Å². The van der Waals surface area contributed by atoms with Crippen LogP contribution in [0.5, 0.6) is 0 Å². The number of benzene rings is 1. The predicted molar refractivity (Wildman–Crippen MR) is 125 cm³/mol. The lowest BCUT2D eigenvalue weighted by Crippen LogP contribution is -2.49. The molecule has 0 spiro atoms. The van der Waals surface area contributed by atoms with E-state index in [1.165, 1.54) is 22.4 Å². The van der Waals surface area contributed by atoms with Gasteiger partial charge in [-0.1, -0.05) is 24.3 Å². The SMILES string of the molecule is O=C(C1CC1)N1CCN(c2ccnn3cc(-c4ccc(C5CCOCC5)cc4)cc23)CC1. The summed E-state index contributed by atoms with van der Waals surface area (Å²) < 4.78 is 7.49.